The maximum absolute atomic E-state index is 6.14. The summed E-state index contributed by atoms with van der Waals surface area (Å²) in [4.78, 5) is 0. The summed E-state index contributed by atoms with van der Waals surface area (Å²) >= 11 is 0. The Labute approximate surface area is 124 Å². The standard InChI is InChI=1S/C18H30N2/c1-3-14(4-2)18(15-9-6-5-7-10-15)20-17-12-8-11-16(19)13-17/h5-7,9-10,14,16-18,20H,3-4,8,11-13,19H2,1-2H3. The smallest absolute Gasteiger partial charge is 0.0350 e. The van der Waals surface area contributed by atoms with Crippen LogP contribution in [0, 0.1) is 5.92 Å². The maximum Gasteiger partial charge on any atom is 0.0350 e. The normalized spacial score (nSPS) is 24.8. The van der Waals surface area contributed by atoms with Gasteiger partial charge in [0.05, 0.1) is 0 Å². The number of nitrogens with one attached hydrogen (secondary N) is 1. The molecule has 1 aromatic rings. The van der Waals surface area contributed by atoms with Crippen molar-refractivity contribution in [2.45, 2.75) is 70.5 Å². The van der Waals surface area contributed by atoms with Crippen molar-refractivity contribution >= 4 is 0 Å². The lowest BCUT2D eigenvalue weighted by atomic mass is 9.85. The summed E-state index contributed by atoms with van der Waals surface area (Å²) in [6.45, 7) is 4.61. The number of rotatable bonds is 6. The molecule has 2 nitrogen and oxygen atoms in total. The van der Waals surface area contributed by atoms with Crippen molar-refractivity contribution < 1.29 is 0 Å². The molecule has 0 heterocycles. The first-order valence-electron chi connectivity index (χ1n) is 8.31. The third kappa shape index (κ3) is 4.07. The fourth-order valence-electron chi connectivity index (χ4n) is 3.56. The first-order chi connectivity index (χ1) is 9.74. The second kappa shape index (κ2) is 7.80. The van der Waals surface area contributed by atoms with Gasteiger partial charge in [-0.25, -0.2) is 0 Å². The van der Waals surface area contributed by atoms with Crippen LogP contribution in [-0.2, 0) is 0 Å². The Kier molecular flexibility index (Phi) is 6.06. The van der Waals surface area contributed by atoms with Gasteiger partial charge in [0, 0.05) is 18.1 Å². The molecule has 0 aliphatic heterocycles. The molecule has 20 heavy (non-hydrogen) atoms. The highest BCUT2D eigenvalue weighted by atomic mass is 15.0. The fourth-order valence-corrected chi connectivity index (χ4v) is 3.56. The van der Waals surface area contributed by atoms with E-state index in [4.69, 9.17) is 5.73 Å². The number of hydrogen-bond donors (Lipinski definition) is 2. The van der Waals surface area contributed by atoms with E-state index in [0.29, 0.717) is 24.0 Å². The average molecular weight is 274 g/mol. The number of benzene rings is 1. The SMILES string of the molecule is CCC(CC)C(NC1CCCC(N)C1)c1ccccc1. The molecule has 0 radical (unpaired) electrons. The van der Waals surface area contributed by atoms with E-state index in [1.54, 1.807) is 0 Å². The quantitative estimate of drug-likeness (QED) is 0.822. The number of nitrogens with two attached hydrogens (primary N) is 1. The summed E-state index contributed by atoms with van der Waals surface area (Å²) in [6.07, 6.45) is 7.31. The van der Waals surface area contributed by atoms with Crippen molar-refractivity contribution in [1.82, 2.24) is 5.32 Å². The van der Waals surface area contributed by atoms with Crippen LogP contribution in [0.5, 0.6) is 0 Å². The van der Waals surface area contributed by atoms with Gasteiger partial charge in [0.2, 0.25) is 0 Å². The van der Waals surface area contributed by atoms with Crippen LogP contribution in [0.25, 0.3) is 0 Å². The van der Waals surface area contributed by atoms with E-state index in [-0.39, 0.29) is 0 Å². The van der Waals surface area contributed by atoms with E-state index < -0.39 is 0 Å². The van der Waals surface area contributed by atoms with E-state index in [0.717, 1.165) is 6.42 Å². The first kappa shape index (κ1) is 15.5. The highest BCUT2D eigenvalue weighted by Gasteiger charge is 2.26. The molecule has 0 saturated heterocycles. The third-order valence-corrected chi connectivity index (χ3v) is 4.81. The number of hydrogen-bond acceptors (Lipinski definition) is 2. The molecule has 0 spiro atoms. The van der Waals surface area contributed by atoms with E-state index in [1.165, 1.54) is 37.7 Å². The Morgan fingerprint density at radius 3 is 2.45 bits per heavy atom. The molecule has 112 valence electrons. The summed E-state index contributed by atoms with van der Waals surface area (Å²) in [5.74, 6) is 0.704. The Balaban J connectivity index is 2.10. The van der Waals surface area contributed by atoms with Gasteiger partial charge in [0.1, 0.15) is 0 Å². The lowest BCUT2D eigenvalue weighted by Gasteiger charge is -2.35. The predicted octanol–water partition coefficient (Wildman–Crippen LogP) is 4.02. The van der Waals surface area contributed by atoms with Gasteiger partial charge in [-0.2, -0.15) is 0 Å². The lowest BCUT2D eigenvalue weighted by molar-refractivity contribution is 0.259. The second-order valence-corrected chi connectivity index (χ2v) is 6.26. The lowest BCUT2D eigenvalue weighted by Crippen LogP contribution is -2.42. The minimum atomic E-state index is 0.388. The molecular formula is C18H30N2. The Bertz CT molecular complexity index is 372. The Morgan fingerprint density at radius 1 is 1.15 bits per heavy atom. The van der Waals surface area contributed by atoms with Crippen LogP contribution in [0.3, 0.4) is 0 Å². The van der Waals surface area contributed by atoms with E-state index in [9.17, 15) is 0 Å². The molecule has 1 aliphatic carbocycles. The zero-order valence-corrected chi connectivity index (χ0v) is 13.0. The molecule has 0 aromatic heterocycles. The van der Waals surface area contributed by atoms with Crippen LogP contribution >= 0.6 is 0 Å². The van der Waals surface area contributed by atoms with Gasteiger partial charge >= 0.3 is 0 Å². The highest BCUT2D eigenvalue weighted by Crippen LogP contribution is 2.30. The minimum absolute atomic E-state index is 0.388. The van der Waals surface area contributed by atoms with Crippen LogP contribution in [0.1, 0.15) is 64.0 Å². The Morgan fingerprint density at radius 2 is 1.85 bits per heavy atom. The van der Waals surface area contributed by atoms with Crippen molar-refractivity contribution in [2.75, 3.05) is 0 Å². The van der Waals surface area contributed by atoms with Crippen LogP contribution in [0.4, 0.5) is 0 Å². The van der Waals surface area contributed by atoms with Crippen molar-refractivity contribution in [3.05, 3.63) is 35.9 Å². The van der Waals surface area contributed by atoms with Gasteiger partial charge < -0.3 is 11.1 Å². The largest absolute Gasteiger partial charge is 0.328 e. The van der Waals surface area contributed by atoms with Crippen LogP contribution in [0.2, 0.25) is 0 Å². The highest BCUT2D eigenvalue weighted by molar-refractivity contribution is 5.20. The van der Waals surface area contributed by atoms with Gasteiger partial charge in [0.25, 0.3) is 0 Å². The van der Waals surface area contributed by atoms with Crippen molar-refractivity contribution in [3.63, 3.8) is 0 Å². The molecule has 1 aromatic carbocycles. The van der Waals surface area contributed by atoms with Crippen LogP contribution < -0.4 is 11.1 Å². The molecule has 0 bridgehead atoms. The molecule has 3 atom stereocenters. The van der Waals surface area contributed by atoms with Gasteiger partial charge in [0.15, 0.2) is 0 Å². The molecule has 1 aliphatic rings. The average Bonchev–Trinajstić information content (AvgIpc) is 2.48. The predicted molar refractivity (Wildman–Crippen MR) is 86.6 cm³/mol. The van der Waals surface area contributed by atoms with E-state index >= 15 is 0 Å². The third-order valence-electron chi connectivity index (χ3n) is 4.81. The van der Waals surface area contributed by atoms with Crippen LogP contribution in [0.15, 0.2) is 30.3 Å². The van der Waals surface area contributed by atoms with E-state index in [1.807, 2.05) is 0 Å². The molecule has 3 unspecified atom stereocenters. The van der Waals surface area contributed by atoms with Crippen molar-refractivity contribution in [3.8, 4) is 0 Å². The van der Waals surface area contributed by atoms with Gasteiger partial charge in [-0.15, -0.1) is 0 Å². The Hall–Kier alpha value is -0.860. The summed E-state index contributed by atoms with van der Waals surface area (Å²) in [7, 11) is 0. The summed E-state index contributed by atoms with van der Waals surface area (Å²) in [6, 6.07) is 12.4. The first-order valence-corrected chi connectivity index (χ1v) is 8.31. The van der Waals surface area contributed by atoms with E-state index in [2.05, 4.69) is 49.5 Å². The molecule has 2 heteroatoms. The zero-order valence-electron chi connectivity index (χ0n) is 13.0. The molecule has 0 amide bonds. The van der Waals surface area contributed by atoms with Crippen molar-refractivity contribution in [1.29, 1.82) is 0 Å². The minimum Gasteiger partial charge on any atom is -0.328 e. The molecule has 2 rings (SSSR count). The summed E-state index contributed by atoms with van der Waals surface area (Å²) < 4.78 is 0. The molecule has 1 fully saturated rings. The van der Waals surface area contributed by atoms with Crippen molar-refractivity contribution in [2.24, 2.45) is 11.7 Å². The topological polar surface area (TPSA) is 38.0 Å². The van der Waals surface area contributed by atoms with Gasteiger partial charge in [-0.1, -0.05) is 63.4 Å². The molecule has 3 N–H and O–H groups in total. The monoisotopic (exact) mass is 274 g/mol. The fraction of sp³-hybridized carbons (Fsp3) is 0.667. The summed E-state index contributed by atoms with van der Waals surface area (Å²) in [5.41, 5.74) is 7.57. The zero-order chi connectivity index (χ0) is 14.4. The van der Waals surface area contributed by atoms with Crippen LogP contribution in [-0.4, -0.2) is 12.1 Å². The molecule has 1 saturated carbocycles. The maximum atomic E-state index is 6.14. The molecular weight excluding hydrogens is 244 g/mol. The second-order valence-electron chi connectivity index (χ2n) is 6.26. The summed E-state index contributed by atoms with van der Waals surface area (Å²) in [5, 5.41) is 3.92. The van der Waals surface area contributed by atoms with Gasteiger partial charge in [-0.05, 0) is 30.7 Å². The van der Waals surface area contributed by atoms with Gasteiger partial charge in [-0.3, -0.25) is 0 Å².